The molecule has 0 spiro atoms. The quantitative estimate of drug-likeness (QED) is 0.558. The number of morpholine rings is 1. The zero-order valence-corrected chi connectivity index (χ0v) is 15.7. The van der Waals surface area contributed by atoms with E-state index in [1.54, 1.807) is 18.3 Å². The molecule has 6 nitrogen and oxygen atoms in total. The van der Waals surface area contributed by atoms with E-state index in [1.807, 2.05) is 0 Å². The van der Waals surface area contributed by atoms with E-state index >= 15 is 0 Å². The zero-order valence-electron chi connectivity index (χ0n) is 15.7. The number of hydrogen-bond donors (Lipinski definition) is 1. The zero-order chi connectivity index (χ0) is 19.8. The molecule has 148 valence electrons. The summed E-state index contributed by atoms with van der Waals surface area (Å²) in [4.78, 5) is 31.2. The van der Waals surface area contributed by atoms with E-state index in [-0.39, 0.29) is 23.5 Å². The second-order valence-electron chi connectivity index (χ2n) is 6.69. The fraction of sp³-hybridized carbons (Fsp3) is 0.381. The van der Waals surface area contributed by atoms with E-state index in [2.05, 4.69) is 15.2 Å². The molecule has 7 heteroatoms. The fourth-order valence-corrected chi connectivity index (χ4v) is 3.17. The van der Waals surface area contributed by atoms with Gasteiger partial charge in [0, 0.05) is 31.9 Å². The Bertz CT molecular complexity index is 808. The molecule has 2 heterocycles. The number of benzene rings is 1. The Balaban J connectivity index is 1.59. The molecule has 0 unspecified atom stereocenters. The largest absolute Gasteiger partial charge is 0.379 e. The minimum absolute atomic E-state index is 0.0638. The number of halogens is 1. The first-order valence-electron chi connectivity index (χ1n) is 9.48. The number of hydrogen-bond acceptors (Lipinski definition) is 5. The lowest BCUT2D eigenvalue weighted by Crippen LogP contribution is -2.36. The van der Waals surface area contributed by atoms with Crippen LogP contribution in [0.4, 0.5) is 10.1 Å². The van der Waals surface area contributed by atoms with Crippen LogP contribution < -0.4 is 5.32 Å². The van der Waals surface area contributed by atoms with Gasteiger partial charge in [-0.3, -0.25) is 19.5 Å². The van der Waals surface area contributed by atoms with Gasteiger partial charge in [-0.05, 0) is 43.7 Å². The Morgan fingerprint density at radius 1 is 1.14 bits per heavy atom. The van der Waals surface area contributed by atoms with Crippen molar-refractivity contribution in [2.75, 3.05) is 38.2 Å². The Labute approximate surface area is 163 Å². The van der Waals surface area contributed by atoms with Crippen molar-refractivity contribution in [1.82, 2.24) is 9.88 Å². The van der Waals surface area contributed by atoms with Gasteiger partial charge in [-0.15, -0.1) is 0 Å². The number of amides is 1. The van der Waals surface area contributed by atoms with Crippen molar-refractivity contribution in [3.8, 4) is 0 Å². The predicted molar refractivity (Wildman–Crippen MR) is 104 cm³/mol. The van der Waals surface area contributed by atoms with Gasteiger partial charge in [0.25, 0.3) is 5.91 Å². The van der Waals surface area contributed by atoms with Crippen molar-refractivity contribution in [3.05, 3.63) is 59.7 Å². The van der Waals surface area contributed by atoms with Gasteiger partial charge in [0.15, 0.2) is 5.78 Å². The van der Waals surface area contributed by atoms with Gasteiger partial charge in [0.2, 0.25) is 0 Å². The van der Waals surface area contributed by atoms with Gasteiger partial charge < -0.3 is 10.1 Å². The van der Waals surface area contributed by atoms with Crippen molar-refractivity contribution < 1.29 is 18.7 Å². The third kappa shape index (κ3) is 5.43. The molecule has 0 atom stereocenters. The highest BCUT2D eigenvalue weighted by Crippen LogP contribution is 2.22. The van der Waals surface area contributed by atoms with Crippen LogP contribution in [0.1, 0.15) is 40.0 Å². The van der Waals surface area contributed by atoms with Crippen molar-refractivity contribution in [2.45, 2.75) is 19.3 Å². The normalized spacial score (nSPS) is 14.6. The molecule has 28 heavy (non-hydrogen) atoms. The number of pyridine rings is 1. The smallest absolute Gasteiger partial charge is 0.257 e. The molecule has 1 N–H and O–H groups in total. The molecule has 2 aromatic rings. The average Bonchev–Trinajstić information content (AvgIpc) is 2.72. The maximum atomic E-state index is 14.3. The Morgan fingerprint density at radius 3 is 2.71 bits per heavy atom. The van der Waals surface area contributed by atoms with Crippen molar-refractivity contribution in [3.63, 3.8) is 0 Å². The van der Waals surface area contributed by atoms with Crippen LogP contribution in [0.2, 0.25) is 0 Å². The van der Waals surface area contributed by atoms with E-state index in [9.17, 15) is 14.0 Å². The summed E-state index contributed by atoms with van der Waals surface area (Å²) in [6, 6.07) is 7.50. The van der Waals surface area contributed by atoms with Crippen LogP contribution in [0.3, 0.4) is 0 Å². The highest BCUT2D eigenvalue weighted by molar-refractivity contribution is 6.09. The Morgan fingerprint density at radius 2 is 1.96 bits per heavy atom. The highest BCUT2D eigenvalue weighted by atomic mass is 19.1. The summed E-state index contributed by atoms with van der Waals surface area (Å²) >= 11 is 0. The van der Waals surface area contributed by atoms with E-state index in [1.165, 1.54) is 24.4 Å². The van der Waals surface area contributed by atoms with Crippen molar-refractivity contribution >= 4 is 17.4 Å². The topological polar surface area (TPSA) is 71.5 Å². The molecule has 3 rings (SSSR count). The first-order chi connectivity index (χ1) is 13.6. The molecule has 1 aromatic heterocycles. The van der Waals surface area contributed by atoms with Crippen molar-refractivity contribution in [1.29, 1.82) is 0 Å². The summed E-state index contributed by atoms with van der Waals surface area (Å²) in [6.45, 7) is 4.21. The molecule has 0 radical (unpaired) electrons. The van der Waals surface area contributed by atoms with Crippen LogP contribution in [0.25, 0.3) is 0 Å². The van der Waals surface area contributed by atoms with Crippen LogP contribution in [0.5, 0.6) is 0 Å². The van der Waals surface area contributed by atoms with Gasteiger partial charge in [-0.2, -0.15) is 0 Å². The highest BCUT2D eigenvalue weighted by Gasteiger charge is 2.19. The SMILES string of the molecule is O=C(Nc1cccc(F)c1C(=O)CCCCN1CCOCC1)c1cccnc1. The molecule has 1 aliphatic rings. The summed E-state index contributed by atoms with van der Waals surface area (Å²) < 4.78 is 19.7. The predicted octanol–water partition coefficient (Wildman–Crippen LogP) is 3.16. The lowest BCUT2D eigenvalue weighted by atomic mass is 10.0. The maximum Gasteiger partial charge on any atom is 0.257 e. The number of unbranched alkanes of at least 4 members (excludes halogenated alkanes) is 1. The molecular weight excluding hydrogens is 361 g/mol. The average molecular weight is 385 g/mol. The minimum Gasteiger partial charge on any atom is -0.379 e. The number of nitrogens with one attached hydrogen (secondary N) is 1. The monoisotopic (exact) mass is 385 g/mol. The molecule has 1 aliphatic heterocycles. The molecule has 0 bridgehead atoms. The summed E-state index contributed by atoms with van der Waals surface area (Å²) in [7, 11) is 0. The first-order valence-corrected chi connectivity index (χ1v) is 9.48. The van der Waals surface area contributed by atoms with Gasteiger partial charge in [-0.1, -0.05) is 6.07 Å². The number of Topliss-reactive ketones (excluding diaryl/α,β-unsaturated/α-hetero) is 1. The number of aromatic nitrogens is 1. The summed E-state index contributed by atoms with van der Waals surface area (Å²) in [5.41, 5.74) is 0.466. The number of carbonyl (C=O) groups excluding carboxylic acids is 2. The van der Waals surface area contributed by atoms with E-state index < -0.39 is 11.7 Å². The molecule has 1 amide bonds. The molecule has 0 aliphatic carbocycles. The van der Waals surface area contributed by atoms with Crippen LogP contribution in [-0.4, -0.2) is 54.4 Å². The minimum atomic E-state index is -0.623. The Hall–Kier alpha value is -2.64. The summed E-state index contributed by atoms with van der Waals surface area (Å²) in [5.74, 6) is -1.36. The van der Waals surface area contributed by atoms with Gasteiger partial charge in [0.05, 0.1) is 30.0 Å². The molecular formula is C21H24FN3O3. The number of ether oxygens (including phenoxy) is 1. The standard InChI is InChI=1S/C21H24FN3O3/c22-17-6-3-7-18(24-21(27)16-5-4-9-23-15-16)20(17)19(26)8-1-2-10-25-11-13-28-14-12-25/h3-7,9,15H,1-2,8,10-14H2,(H,24,27). The molecule has 0 saturated carbocycles. The maximum absolute atomic E-state index is 14.3. The van der Waals surface area contributed by atoms with E-state index in [4.69, 9.17) is 4.74 Å². The number of nitrogens with zero attached hydrogens (tertiary/aromatic N) is 2. The van der Waals surface area contributed by atoms with E-state index in [0.717, 1.165) is 39.3 Å². The fourth-order valence-electron chi connectivity index (χ4n) is 3.17. The van der Waals surface area contributed by atoms with Gasteiger partial charge >= 0.3 is 0 Å². The lowest BCUT2D eigenvalue weighted by Gasteiger charge is -2.26. The van der Waals surface area contributed by atoms with Crippen LogP contribution >= 0.6 is 0 Å². The summed E-state index contributed by atoms with van der Waals surface area (Å²) in [5, 5.41) is 2.63. The number of rotatable bonds is 8. The van der Waals surface area contributed by atoms with Crippen LogP contribution in [-0.2, 0) is 4.74 Å². The van der Waals surface area contributed by atoms with Gasteiger partial charge in [0.1, 0.15) is 5.82 Å². The van der Waals surface area contributed by atoms with E-state index in [0.29, 0.717) is 12.0 Å². The van der Waals surface area contributed by atoms with Crippen LogP contribution in [0.15, 0.2) is 42.7 Å². The lowest BCUT2D eigenvalue weighted by molar-refractivity contribution is 0.0371. The first kappa shape index (κ1) is 20.1. The number of carbonyl (C=O) groups is 2. The number of ketones is 1. The molecule has 1 saturated heterocycles. The molecule has 1 fully saturated rings. The third-order valence-corrected chi connectivity index (χ3v) is 4.70. The van der Waals surface area contributed by atoms with Crippen LogP contribution in [0, 0.1) is 5.82 Å². The second kappa shape index (κ2) is 10.1. The van der Waals surface area contributed by atoms with Crippen molar-refractivity contribution in [2.24, 2.45) is 0 Å². The number of anilines is 1. The summed E-state index contributed by atoms with van der Waals surface area (Å²) in [6.07, 6.45) is 4.74. The second-order valence-corrected chi connectivity index (χ2v) is 6.69. The van der Waals surface area contributed by atoms with Gasteiger partial charge in [-0.25, -0.2) is 4.39 Å². The Kier molecular flexibility index (Phi) is 7.22. The molecule has 1 aromatic carbocycles. The third-order valence-electron chi connectivity index (χ3n) is 4.70.